The van der Waals surface area contributed by atoms with Gasteiger partial charge < -0.3 is 5.32 Å². The molecular formula is C8H14F2N4. The lowest BCUT2D eigenvalue weighted by molar-refractivity contribution is 0.120. The first-order valence-electron chi connectivity index (χ1n) is 4.48. The van der Waals surface area contributed by atoms with Crippen LogP contribution in [0.3, 0.4) is 0 Å². The van der Waals surface area contributed by atoms with E-state index in [1.54, 1.807) is 0 Å². The second-order valence-electron chi connectivity index (χ2n) is 3.29. The fraction of sp³-hybridized carbons (Fsp3) is 0.750. The second-order valence-corrected chi connectivity index (χ2v) is 3.29. The van der Waals surface area contributed by atoms with Gasteiger partial charge in [-0.25, -0.2) is 18.4 Å². The van der Waals surface area contributed by atoms with E-state index in [0.717, 1.165) is 0 Å². The highest BCUT2D eigenvalue weighted by Gasteiger charge is 2.09. The number of hydrogen-bond acceptors (Lipinski definition) is 3. The van der Waals surface area contributed by atoms with Crippen LogP contribution in [-0.2, 0) is 13.1 Å². The molecule has 0 bridgehead atoms. The molecule has 4 nitrogen and oxygen atoms in total. The number of aromatic nitrogens is 3. The van der Waals surface area contributed by atoms with E-state index >= 15 is 0 Å². The van der Waals surface area contributed by atoms with Gasteiger partial charge in [-0.2, -0.15) is 5.10 Å². The van der Waals surface area contributed by atoms with Crippen molar-refractivity contribution in [3.05, 3.63) is 12.2 Å². The van der Waals surface area contributed by atoms with Crippen molar-refractivity contribution in [3.8, 4) is 0 Å². The van der Waals surface area contributed by atoms with E-state index < -0.39 is 13.0 Å². The lowest BCUT2D eigenvalue weighted by Crippen LogP contribution is -2.25. The van der Waals surface area contributed by atoms with Crippen LogP contribution in [0, 0.1) is 0 Å². The molecule has 0 saturated carbocycles. The third-order valence-corrected chi connectivity index (χ3v) is 1.68. The van der Waals surface area contributed by atoms with E-state index in [4.69, 9.17) is 0 Å². The van der Waals surface area contributed by atoms with E-state index in [1.807, 2.05) is 13.8 Å². The van der Waals surface area contributed by atoms with Gasteiger partial charge in [0.25, 0.3) is 6.43 Å². The summed E-state index contributed by atoms with van der Waals surface area (Å²) in [5.41, 5.74) is 0. The Kier molecular flexibility index (Phi) is 3.94. The van der Waals surface area contributed by atoms with Crippen LogP contribution in [0.4, 0.5) is 8.78 Å². The molecule has 0 aliphatic rings. The van der Waals surface area contributed by atoms with Crippen LogP contribution in [0.5, 0.6) is 0 Å². The number of nitrogens with one attached hydrogen (secondary N) is 1. The first-order valence-corrected chi connectivity index (χ1v) is 4.48. The maximum atomic E-state index is 12.1. The summed E-state index contributed by atoms with van der Waals surface area (Å²) in [7, 11) is 0. The lowest BCUT2D eigenvalue weighted by atomic mass is 10.4. The highest BCUT2D eigenvalue weighted by Crippen LogP contribution is 2.00. The molecule has 0 atom stereocenters. The van der Waals surface area contributed by atoms with Crippen molar-refractivity contribution in [2.75, 3.05) is 0 Å². The van der Waals surface area contributed by atoms with Gasteiger partial charge >= 0.3 is 0 Å². The number of hydrogen-bond donors (Lipinski definition) is 1. The van der Waals surface area contributed by atoms with Crippen LogP contribution in [0.15, 0.2) is 6.33 Å². The van der Waals surface area contributed by atoms with E-state index in [0.29, 0.717) is 18.4 Å². The third kappa shape index (κ3) is 3.37. The maximum Gasteiger partial charge on any atom is 0.257 e. The van der Waals surface area contributed by atoms with Crippen LogP contribution < -0.4 is 5.32 Å². The molecule has 1 N–H and O–H groups in total. The van der Waals surface area contributed by atoms with Crippen LogP contribution >= 0.6 is 0 Å². The summed E-state index contributed by atoms with van der Waals surface area (Å²) < 4.78 is 25.4. The first-order chi connectivity index (χ1) is 6.59. The minimum atomic E-state index is -2.39. The normalized spacial score (nSPS) is 11.6. The Bertz CT molecular complexity index is 272. The summed E-state index contributed by atoms with van der Waals surface area (Å²) in [5.74, 6) is 0.541. The molecule has 0 unspecified atom stereocenters. The Balaban J connectivity index is 2.53. The molecule has 0 aliphatic heterocycles. The molecule has 6 heteroatoms. The van der Waals surface area contributed by atoms with Gasteiger partial charge in [-0.3, -0.25) is 0 Å². The molecular weight excluding hydrogens is 190 g/mol. The monoisotopic (exact) mass is 204 g/mol. The molecule has 0 spiro atoms. The average Bonchev–Trinajstić information content (AvgIpc) is 2.47. The predicted octanol–water partition coefficient (Wildman–Crippen LogP) is 1.04. The lowest BCUT2D eigenvalue weighted by Gasteiger charge is -2.08. The zero-order chi connectivity index (χ0) is 10.6. The highest BCUT2D eigenvalue weighted by molar-refractivity contribution is 4.84. The molecule has 14 heavy (non-hydrogen) atoms. The topological polar surface area (TPSA) is 42.7 Å². The van der Waals surface area contributed by atoms with Crippen LogP contribution in [0.25, 0.3) is 0 Å². The molecule has 0 fully saturated rings. The van der Waals surface area contributed by atoms with Crippen molar-refractivity contribution in [1.29, 1.82) is 0 Å². The molecule has 1 aromatic heterocycles. The fourth-order valence-corrected chi connectivity index (χ4v) is 1.00. The predicted molar refractivity (Wildman–Crippen MR) is 48.0 cm³/mol. The fourth-order valence-electron chi connectivity index (χ4n) is 1.00. The van der Waals surface area contributed by atoms with Crippen LogP contribution in [-0.4, -0.2) is 27.2 Å². The standard InChI is InChI=1S/C8H14F2N4/c1-6(2)11-3-8-12-5-13-14(8)4-7(9)10/h5-7,11H,3-4H2,1-2H3. The maximum absolute atomic E-state index is 12.1. The minimum absolute atomic E-state index is 0.298. The Hall–Kier alpha value is -1.04. The number of nitrogens with zero attached hydrogens (tertiary/aromatic N) is 3. The molecule has 0 aliphatic carbocycles. The van der Waals surface area contributed by atoms with Gasteiger partial charge in [0.1, 0.15) is 18.7 Å². The summed E-state index contributed by atoms with van der Waals surface area (Å²) in [6, 6.07) is 0.298. The van der Waals surface area contributed by atoms with Gasteiger partial charge in [0, 0.05) is 6.04 Å². The summed E-state index contributed by atoms with van der Waals surface area (Å²) in [6.07, 6.45) is -1.10. The van der Waals surface area contributed by atoms with Gasteiger partial charge in [-0.15, -0.1) is 0 Å². The largest absolute Gasteiger partial charge is 0.308 e. The highest BCUT2D eigenvalue weighted by atomic mass is 19.3. The molecule has 80 valence electrons. The summed E-state index contributed by atoms with van der Waals surface area (Å²) >= 11 is 0. The van der Waals surface area contributed by atoms with E-state index in [-0.39, 0.29) is 0 Å². The molecule has 1 aromatic rings. The zero-order valence-corrected chi connectivity index (χ0v) is 8.24. The zero-order valence-electron chi connectivity index (χ0n) is 8.24. The van der Waals surface area contributed by atoms with Crippen molar-refractivity contribution in [1.82, 2.24) is 20.1 Å². The van der Waals surface area contributed by atoms with Crippen LogP contribution in [0.2, 0.25) is 0 Å². The van der Waals surface area contributed by atoms with Crippen molar-refractivity contribution in [3.63, 3.8) is 0 Å². The number of halogens is 2. The second kappa shape index (κ2) is 4.99. The van der Waals surface area contributed by atoms with Gasteiger partial charge in [0.15, 0.2) is 0 Å². The Labute approximate surface area is 81.3 Å². The third-order valence-electron chi connectivity index (χ3n) is 1.68. The summed E-state index contributed by atoms with van der Waals surface area (Å²) in [6.45, 7) is 4.03. The van der Waals surface area contributed by atoms with Crippen molar-refractivity contribution in [2.24, 2.45) is 0 Å². The Morgan fingerprint density at radius 3 is 2.79 bits per heavy atom. The number of alkyl halides is 2. The van der Waals surface area contributed by atoms with Crippen LogP contribution in [0.1, 0.15) is 19.7 Å². The number of rotatable bonds is 5. The SMILES string of the molecule is CC(C)NCc1ncnn1CC(F)F. The summed E-state index contributed by atoms with van der Waals surface area (Å²) in [5, 5.41) is 6.81. The van der Waals surface area contributed by atoms with Crippen molar-refractivity contribution in [2.45, 2.75) is 39.4 Å². The molecule has 0 amide bonds. The summed E-state index contributed by atoms with van der Waals surface area (Å²) in [4.78, 5) is 3.90. The van der Waals surface area contributed by atoms with E-state index in [9.17, 15) is 8.78 Å². The van der Waals surface area contributed by atoms with E-state index in [1.165, 1.54) is 11.0 Å². The first kappa shape index (κ1) is 11.0. The molecule has 1 rings (SSSR count). The molecule has 0 saturated heterocycles. The van der Waals surface area contributed by atoms with Gasteiger partial charge in [-0.05, 0) is 0 Å². The van der Waals surface area contributed by atoms with Gasteiger partial charge in [-0.1, -0.05) is 13.8 Å². The minimum Gasteiger partial charge on any atom is -0.308 e. The van der Waals surface area contributed by atoms with Gasteiger partial charge in [0.2, 0.25) is 0 Å². The quantitative estimate of drug-likeness (QED) is 0.779. The van der Waals surface area contributed by atoms with Crippen molar-refractivity contribution >= 4 is 0 Å². The molecule has 0 aromatic carbocycles. The molecule has 0 radical (unpaired) electrons. The smallest absolute Gasteiger partial charge is 0.257 e. The Morgan fingerprint density at radius 2 is 2.21 bits per heavy atom. The average molecular weight is 204 g/mol. The van der Waals surface area contributed by atoms with Gasteiger partial charge in [0.05, 0.1) is 6.54 Å². The van der Waals surface area contributed by atoms with Crippen molar-refractivity contribution < 1.29 is 8.78 Å². The van der Waals surface area contributed by atoms with E-state index in [2.05, 4.69) is 15.4 Å². The molecule has 1 heterocycles. The Morgan fingerprint density at radius 1 is 1.50 bits per heavy atom.